The van der Waals surface area contributed by atoms with Crippen molar-refractivity contribution in [1.29, 1.82) is 0 Å². The predicted octanol–water partition coefficient (Wildman–Crippen LogP) is 10.7. The molecule has 1 heteroatoms. The summed E-state index contributed by atoms with van der Waals surface area (Å²) in [6.45, 7) is 0. The molecule has 0 aromatic heterocycles. The molecular formula is C44H26O. The Hall–Kier alpha value is -5.79. The van der Waals surface area contributed by atoms with Gasteiger partial charge in [0.15, 0.2) is 5.78 Å². The number of carbonyl (C=O) groups excluding carboxylic acids is 1. The summed E-state index contributed by atoms with van der Waals surface area (Å²) in [7, 11) is 0. The van der Waals surface area contributed by atoms with E-state index < -0.39 is 5.41 Å². The lowest BCUT2D eigenvalue weighted by atomic mass is 9.70. The molecular weight excluding hydrogens is 544 g/mol. The zero-order valence-electron chi connectivity index (χ0n) is 24.4. The van der Waals surface area contributed by atoms with Crippen molar-refractivity contribution >= 4 is 38.1 Å². The van der Waals surface area contributed by atoms with Gasteiger partial charge < -0.3 is 0 Å². The fourth-order valence-corrected chi connectivity index (χ4v) is 8.46. The first kappa shape index (κ1) is 24.6. The van der Waals surface area contributed by atoms with Crippen LogP contribution in [0, 0.1) is 0 Å². The molecule has 8 aromatic carbocycles. The Bertz CT molecular complexity index is 2470. The Morgan fingerprint density at radius 3 is 1.64 bits per heavy atom. The van der Waals surface area contributed by atoms with Crippen molar-refractivity contribution in [3.63, 3.8) is 0 Å². The van der Waals surface area contributed by atoms with Gasteiger partial charge in [-0.1, -0.05) is 146 Å². The summed E-state index contributed by atoms with van der Waals surface area (Å²) in [6.07, 6.45) is 0. The molecule has 0 fully saturated rings. The summed E-state index contributed by atoms with van der Waals surface area (Å²) in [5.41, 5.74) is 11.1. The first-order chi connectivity index (χ1) is 22.2. The highest BCUT2D eigenvalue weighted by atomic mass is 16.1. The highest BCUT2D eigenvalue weighted by molar-refractivity contribution is 6.29. The smallest absolute Gasteiger partial charge is 0.193 e. The lowest BCUT2D eigenvalue weighted by Crippen LogP contribution is -2.26. The van der Waals surface area contributed by atoms with Crippen molar-refractivity contribution in [3.05, 3.63) is 191 Å². The molecule has 0 heterocycles. The largest absolute Gasteiger partial charge is 0.289 e. The minimum Gasteiger partial charge on any atom is -0.289 e. The standard InChI is InChI=1S/C44H26O/c45-43(27-11-2-1-3-12-27)30-14-8-13-28(25-30)29-23-24-38-36(26-29)33-17-6-7-20-37(33)44(38)39-21-9-18-34-31-15-4-5-16-32(31)35-19-10-22-40(44)42(35)41(34)39/h1-26H. The zero-order valence-corrected chi connectivity index (χ0v) is 24.4. The van der Waals surface area contributed by atoms with Crippen LogP contribution in [0.25, 0.3) is 54.6 Å². The normalized spacial score (nSPS) is 13.6. The number of carbonyl (C=O) groups is 1. The molecule has 1 spiro atoms. The molecule has 8 aromatic rings. The number of ketones is 1. The van der Waals surface area contributed by atoms with Gasteiger partial charge in [-0.25, -0.2) is 0 Å². The Labute approximate surface area is 261 Å². The van der Waals surface area contributed by atoms with Crippen LogP contribution < -0.4 is 0 Å². The third kappa shape index (κ3) is 3.10. The van der Waals surface area contributed by atoms with E-state index in [9.17, 15) is 4.79 Å². The number of fused-ring (bicyclic) bond motifs is 10. The predicted molar refractivity (Wildman–Crippen MR) is 185 cm³/mol. The minimum atomic E-state index is -0.395. The van der Waals surface area contributed by atoms with E-state index in [0.717, 1.165) is 11.1 Å². The molecule has 0 bridgehead atoms. The fraction of sp³-hybridized carbons (Fsp3) is 0.0227. The Morgan fingerprint density at radius 1 is 0.378 bits per heavy atom. The second kappa shape index (κ2) is 8.87. The monoisotopic (exact) mass is 570 g/mol. The van der Waals surface area contributed by atoms with E-state index in [1.807, 2.05) is 48.5 Å². The van der Waals surface area contributed by atoms with Crippen LogP contribution >= 0.6 is 0 Å². The van der Waals surface area contributed by atoms with Crippen molar-refractivity contribution < 1.29 is 4.79 Å². The molecule has 0 saturated heterocycles. The maximum Gasteiger partial charge on any atom is 0.193 e. The van der Waals surface area contributed by atoms with Gasteiger partial charge in [0.1, 0.15) is 0 Å². The summed E-state index contributed by atoms with van der Waals surface area (Å²) in [4.78, 5) is 13.3. The SMILES string of the molecule is O=C(c1ccccc1)c1cccc(-c2ccc3c(c2)-c2ccccc2C32c3cccc4c5ccccc5c5cccc2c5c34)c1. The summed E-state index contributed by atoms with van der Waals surface area (Å²) in [6, 6.07) is 56.1. The summed E-state index contributed by atoms with van der Waals surface area (Å²) < 4.78 is 0. The van der Waals surface area contributed by atoms with Gasteiger partial charge in [0.25, 0.3) is 0 Å². The van der Waals surface area contributed by atoms with Crippen LogP contribution in [0.4, 0.5) is 0 Å². The number of hydrogen-bond acceptors (Lipinski definition) is 1. The molecule has 0 saturated carbocycles. The second-order valence-corrected chi connectivity index (χ2v) is 12.3. The molecule has 2 aliphatic rings. The molecule has 0 unspecified atom stereocenters. The molecule has 10 rings (SSSR count). The highest BCUT2D eigenvalue weighted by Crippen LogP contribution is 2.63. The topological polar surface area (TPSA) is 17.1 Å². The maximum atomic E-state index is 13.3. The van der Waals surface area contributed by atoms with Crippen molar-refractivity contribution in [2.24, 2.45) is 0 Å². The average Bonchev–Trinajstić information content (AvgIpc) is 3.59. The fourth-order valence-electron chi connectivity index (χ4n) is 8.46. The molecule has 45 heavy (non-hydrogen) atoms. The zero-order chi connectivity index (χ0) is 29.7. The molecule has 2 aliphatic carbocycles. The van der Waals surface area contributed by atoms with Crippen molar-refractivity contribution in [1.82, 2.24) is 0 Å². The molecule has 0 atom stereocenters. The van der Waals surface area contributed by atoms with Gasteiger partial charge in [0.05, 0.1) is 5.41 Å². The molecule has 0 radical (unpaired) electrons. The van der Waals surface area contributed by atoms with Crippen LogP contribution in [0.2, 0.25) is 0 Å². The summed E-state index contributed by atoms with van der Waals surface area (Å²) >= 11 is 0. The molecule has 208 valence electrons. The third-order valence-corrected chi connectivity index (χ3v) is 10.2. The van der Waals surface area contributed by atoms with Gasteiger partial charge in [-0.15, -0.1) is 0 Å². The van der Waals surface area contributed by atoms with Crippen LogP contribution in [0.15, 0.2) is 158 Å². The van der Waals surface area contributed by atoms with E-state index in [-0.39, 0.29) is 5.78 Å². The van der Waals surface area contributed by atoms with Crippen molar-refractivity contribution in [2.45, 2.75) is 5.41 Å². The first-order valence-corrected chi connectivity index (χ1v) is 15.6. The van der Waals surface area contributed by atoms with Crippen LogP contribution in [0.1, 0.15) is 38.2 Å². The summed E-state index contributed by atoms with van der Waals surface area (Å²) in [5.74, 6) is 0.0419. The molecule has 1 nitrogen and oxygen atoms in total. The van der Waals surface area contributed by atoms with Crippen LogP contribution in [0.3, 0.4) is 0 Å². The highest BCUT2D eigenvalue weighted by Gasteiger charge is 2.50. The third-order valence-electron chi connectivity index (χ3n) is 10.2. The average molecular weight is 571 g/mol. The maximum absolute atomic E-state index is 13.3. The van der Waals surface area contributed by atoms with Crippen LogP contribution in [-0.4, -0.2) is 5.78 Å². The number of benzene rings is 8. The Morgan fingerprint density at radius 2 is 0.911 bits per heavy atom. The number of hydrogen-bond donors (Lipinski definition) is 0. The lowest BCUT2D eigenvalue weighted by Gasteiger charge is -2.30. The van der Waals surface area contributed by atoms with Gasteiger partial charge in [-0.2, -0.15) is 0 Å². The van der Waals surface area contributed by atoms with Gasteiger partial charge in [0.2, 0.25) is 0 Å². The van der Waals surface area contributed by atoms with E-state index in [0.29, 0.717) is 11.1 Å². The Kier molecular flexibility index (Phi) is 4.86. The van der Waals surface area contributed by atoms with E-state index in [1.165, 1.54) is 65.7 Å². The second-order valence-electron chi connectivity index (χ2n) is 12.3. The minimum absolute atomic E-state index is 0.0419. The Balaban J connectivity index is 1.23. The van der Waals surface area contributed by atoms with Gasteiger partial charge in [-0.05, 0) is 89.0 Å². The van der Waals surface area contributed by atoms with E-state index in [4.69, 9.17) is 0 Å². The van der Waals surface area contributed by atoms with Gasteiger partial charge >= 0.3 is 0 Å². The molecule has 0 amide bonds. The van der Waals surface area contributed by atoms with E-state index in [1.54, 1.807) is 0 Å². The van der Waals surface area contributed by atoms with Gasteiger partial charge in [-0.3, -0.25) is 4.79 Å². The lowest BCUT2D eigenvalue weighted by molar-refractivity contribution is 0.103. The molecule has 0 N–H and O–H groups in total. The van der Waals surface area contributed by atoms with Crippen molar-refractivity contribution in [2.75, 3.05) is 0 Å². The number of rotatable bonds is 3. The summed E-state index contributed by atoms with van der Waals surface area (Å²) in [5, 5.41) is 8.01. The van der Waals surface area contributed by atoms with Gasteiger partial charge in [0, 0.05) is 11.1 Å². The quantitative estimate of drug-likeness (QED) is 0.153. The molecule has 0 aliphatic heterocycles. The van der Waals surface area contributed by atoms with Crippen molar-refractivity contribution in [3.8, 4) is 22.3 Å². The van der Waals surface area contributed by atoms with E-state index in [2.05, 4.69) is 109 Å². The van der Waals surface area contributed by atoms with Crippen LogP contribution in [0.5, 0.6) is 0 Å². The van der Waals surface area contributed by atoms with E-state index >= 15 is 0 Å². The first-order valence-electron chi connectivity index (χ1n) is 15.6. The van der Waals surface area contributed by atoms with Crippen LogP contribution in [-0.2, 0) is 5.41 Å².